The highest BCUT2D eigenvalue weighted by atomic mass is 79.9. The lowest BCUT2D eigenvalue weighted by molar-refractivity contribution is -0.143. The van der Waals surface area contributed by atoms with Crippen LogP contribution in [0.3, 0.4) is 0 Å². The third-order valence-corrected chi connectivity index (χ3v) is 6.92. The molecular formula is C14H14Br2O4S2. The first-order valence-electron chi connectivity index (χ1n) is 6.73. The predicted octanol–water partition coefficient (Wildman–Crippen LogP) is 5.38. The standard InChI is InChI=1S/C14H14Br2O4S2/c1-2-19-10(17)5-3-4-6-20-14(18)9-7-8-11(21-9)13(16)22-12(8)15/h7H,2-6H2,1H3. The first kappa shape index (κ1) is 17.9. The van der Waals surface area contributed by atoms with Crippen LogP contribution in [0.5, 0.6) is 0 Å². The molecule has 0 aromatic carbocycles. The van der Waals surface area contributed by atoms with E-state index in [0.717, 1.165) is 17.7 Å². The van der Waals surface area contributed by atoms with Gasteiger partial charge in [0.25, 0.3) is 0 Å². The number of rotatable bonds is 7. The monoisotopic (exact) mass is 468 g/mol. The van der Waals surface area contributed by atoms with E-state index in [2.05, 4.69) is 31.9 Å². The SMILES string of the molecule is CCOC(=O)CCCCOC(=O)c1cc2c(Br)sc(Br)c2s1. The fourth-order valence-electron chi connectivity index (χ4n) is 1.80. The van der Waals surface area contributed by atoms with E-state index in [9.17, 15) is 9.59 Å². The molecule has 2 aromatic heterocycles. The maximum absolute atomic E-state index is 12.0. The molecule has 2 aromatic rings. The van der Waals surface area contributed by atoms with Crippen LogP contribution in [-0.4, -0.2) is 25.2 Å². The van der Waals surface area contributed by atoms with Crippen LogP contribution in [-0.2, 0) is 14.3 Å². The lowest BCUT2D eigenvalue weighted by Gasteiger charge is -2.03. The molecular weight excluding hydrogens is 456 g/mol. The minimum atomic E-state index is -0.318. The Labute approximate surface area is 153 Å². The fourth-order valence-corrected chi connectivity index (χ4v) is 6.16. The summed E-state index contributed by atoms with van der Waals surface area (Å²) in [6.45, 7) is 2.49. The van der Waals surface area contributed by atoms with E-state index < -0.39 is 0 Å². The molecule has 8 heteroatoms. The Morgan fingerprint density at radius 2 is 1.91 bits per heavy atom. The van der Waals surface area contributed by atoms with E-state index in [1.165, 1.54) is 11.3 Å². The molecule has 0 aliphatic heterocycles. The van der Waals surface area contributed by atoms with Crippen molar-refractivity contribution in [3.63, 3.8) is 0 Å². The average Bonchev–Trinajstić information content (AvgIpc) is 3.01. The number of thiophene rings is 2. The quantitative estimate of drug-likeness (QED) is 0.403. The first-order valence-corrected chi connectivity index (χ1v) is 9.95. The predicted molar refractivity (Wildman–Crippen MR) is 95.9 cm³/mol. The average molecular weight is 470 g/mol. The van der Waals surface area contributed by atoms with E-state index >= 15 is 0 Å². The molecule has 0 amide bonds. The largest absolute Gasteiger partial charge is 0.466 e. The second-order valence-corrected chi connectivity index (χ2v) is 9.11. The topological polar surface area (TPSA) is 52.6 Å². The Balaban J connectivity index is 1.79. The normalized spacial score (nSPS) is 10.9. The van der Waals surface area contributed by atoms with Crippen molar-refractivity contribution in [2.75, 3.05) is 13.2 Å². The van der Waals surface area contributed by atoms with Crippen LogP contribution in [0, 0.1) is 0 Å². The number of esters is 2. The summed E-state index contributed by atoms with van der Waals surface area (Å²) in [5, 5.41) is 1.02. The third-order valence-electron chi connectivity index (χ3n) is 2.82. The molecule has 0 aliphatic carbocycles. The van der Waals surface area contributed by atoms with Crippen LogP contribution in [0.4, 0.5) is 0 Å². The zero-order valence-electron chi connectivity index (χ0n) is 11.8. The number of hydrogen-bond donors (Lipinski definition) is 0. The van der Waals surface area contributed by atoms with Crippen LogP contribution < -0.4 is 0 Å². The van der Waals surface area contributed by atoms with Gasteiger partial charge in [-0.3, -0.25) is 4.79 Å². The summed E-state index contributed by atoms with van der Waals surface area (Å²) in [5.74, 6) is -0.525. The van der Waals surface area contributed by atoms with Crippen LogP contribution in [0.25, 0.3) is 10.1 Å². The van der Waals surface area contributed by atoms with E-state index in [1.54, 1.807) is 18.3 Å². The van der Waals surface area contributed by atoms with E-state index in [4.69, 9.17) is 9.47 Å². The number of unbranched alkanes of at least 4 members (excludes halogenated alkanes) is 1. The van der Waals surface area contributed by atoms with Crippen molar-refractivity contribution in [2.45, 2.75) is 26.2 Å². The molecule has 120 valence electrons. The highest BCUT2D eigenvalue weighted by Gasteiger charge is 2.17. The molecule has 0 atom stereocenters. The van der Waals surface area contributed by atoms with Gasteiger partial charge in [0, 0.05) is 11.8 Å². The molecule has 22 heavy (non-hydrogen) atoms. The second kappa shape index (κ2) is 8.42. The highest BCUT2D eigenvalue weighted by Crippen LogP contribution is 2.43. The number of halogens is 2. The van der Waals surface area contributed by atoms with Gasteiger partial charge in [-0.2, -0.15) is 0 Å². The van der Waals surface area contributed by atoms with Gasteiger partial charge < -0.3 is 9.47 Å². The maximum Gasteiger partial charge on any atom is 0.348 e. The van der Waals surface area contributed by atoms with E-state index in [1.807, 2.05) is 6.07 Å². The Hall–Kier alpha value is -0.440. The molecule has 0 N–H and O–H groups in total. The van der Waals surface area contributed by atoms with Crippen LogP contribution in [0.15, 0.2) is 13.6 Å². The molecule has 0 spiro atoms. The summed E-state index contributed by atoms with van der Waals surface area (Å²) in [4.78, 5) is 23.8. The molecule has 2 heterocycles. The molecule has 0 saturated carbocycles. The summed E-state index contributed by atoms with van der Waals surface area (Å²) in [6.07, 6.45) is 1.67. The lowest BCUT2D eigenvalue weighted by Crippen LogP contribution is -2.07. The molecule has 0 saturated heterocycles. The molecule has 0 unspecified atom stereocenters. The van der Waals surface area contributed by atoms with Gasteiger partial charge in [-0.25, -0.2) is 4.79 Å². The van der Waals surface area contributed by atoms with Crippen LogP contribution in [0.2, 0.25) is 0 Å². The smallest absolute Gasteiger partial charge is 0.348 e. The van der Waals surface area contributed by atoms with Crippen molar-refractivity contribution in [2.24, 2.45) is 0 Å². The van der Waals surface area contributed by atoms with Gasteiger partial charge in [0.1, 0.15) is 4.88 Å². The van der Waals surface area contributed by atoms with Crippen molar-refractivity contribution in [1.82, 2.24) is 0 Å². The second-order valence-electron chi connectivity index (χ2n) is 4.40. The number of ether oxygens (including phenoxy) is 2. The maximum atomic E-state index is 12.0. The molecule has 0 bridgehead atoms. The van der Waals surface area contributed by atoms with Gasteiger partial charge >= 0.3 is 11.9 Å². The van der Waals surface area contributed by atoms with E-state index in [0.29, 0.717) is 37.4 Å². The Morgan fingerprint density at radius 3 is 2.59 bits per heavy atom. The Bertz CT molecular complexity index is 643. The van der Waals surface area contributed by atoms with Gasteiger partial charge in [0.15, 0.2) is 0 Å². The Kier molecular flexibility index (Phi) is 6.86. The Morgan fingerprint density at radius 1 is 1.14 bits per heavy atom. The minimum absolute atomic E-state index is 0.207. The van der Waals surface area contributed by atoms with Crippen LogP contribution >= 0.6 is 54.5 Å². The zero-order chi connectivity index (χ0) is 16.1. The first-order chi connectivity index (χ1) is 10.5. The number of carbonyl (C=O) groups excluding carboxylic acids is 2. The molecule has 0 aliphatic rings. The zero-order valence-corrected chi connectivity index (χ0v) is 16.6. The van der Waals surface area contributed by atoms with Crippen LogP contribution in [0.1, 0.15) is 35.9 Å². The van der Waals surface area contributed by atoms with Crippen molar-refractivity contribution < 1.29 is 19.1 Å². The van der Waals surface area contributed by atoms with Gasteiger partial charge in [-0.15, -0.1) is 22.7 Å². The van der Waals surface area contributed by atoms with E-state index in [-0.39, 0.29) is 11.9 Å². The van der Waals surface area contributed by atoms with Gasteiger partial charge in [0.2, 0.25) is 0 Å². The van der Waals surface area contributed by atoms with Gasteiger partial charge in [-0.05, 0) is 57.7 Å². The number of hydrogen-bond acceptors (Lipinski definition) is 6. The summed E-state index contributed by atoms with van der Waals surface area (Å²) in [5.41, 5.74) is 0. The number of fused-ring (bicyclic) bond motifs is 1. The van der Waals surface area contributed by atoms with Gasteiger partial charge in [0.05, 0.1) is 25.5 Å². The van der Waals surface area contributed by atoms with Gasteiger partial charge in [-0.1, -0.05) is 0 Å². The third kappa shape index (κ3) is 4.53. The summed E-state index contributed by atoms with van der Waals surface area (Å²) in [6, 6.07) is 1.84. The highest BCUT2D eigenvalue weighted by molar-refractivity contribution is 9.12. The van der Waals surface area contributed by atoms with Crippen molar-refractivity contribution in [3.8, 4) is 0 Å². The number of carbonyl (C=O) groups is 2. The fraction of sp³-hybridized carbons (Fsp3) is 0.429. The molecule has 2 rings (SSSR count). The minimum Gasteiger partial charge on any atom is -0.466 e. The molecule has 0 radical (unpaired) electrons. The van der Waals surface area contributed by atoms with Crippen molar-refractivity contribution >= 4 is 76.6 Å². The summed E-state index contributed by atoms with van der Waals surface area (Å²) < 4.78 is 13.1. The lowest BCUT2D eigenvalue weighted by atomic mass is 10.2. The molecule has 0 fully saturated rings. The molecule has 4 nitrogen and oxygen atoms in total. The summed E-state index contributed by atoms with van der Waals surface area (Å²) >= 11 is 9.96. The summed E-state index contributed by atoms with van der Waals surface area (Å²) in [7, 11) is 0. The van der Waals surface area contributed by atoms with Crippen molar-refractivity contribution in [3.05, 3.63) is 18.5 Å². The van der Waals surface area contributed by atoms with Crippen molar-refractivity contribution in [1.29, 1.82) is 0 Å².